The molecule has 0 fully saturated rings. The van der Waals surface area contributed by atoms with E-state index in [-0.39, 0.29) is 0 Å². The molecule has 0 aliphatic carbocycles. The molecule has 1 heterocycles. The Bertz CT molecular complexity index is 64.6. The van der Waals surface area contributed by atoms with Crippen LogP contribution >= 0.6 is 0 Å². The molecule has 0 aliphatic rings. The van der Waals surface area contributed by atoms with Crippen LogP contribution in [0.2, 0.25) is 0 Å². The molecule has 0 saturated carbocycles. The smallest absolute Gasteiger partial charge is 0.0319 e. The minimum atomic E-state index is 1.00. The molecule has 0 atom stereocenters. The van der Waals surface area contributed by atoms with Gasteiger partial charge >= 0.3 is 0 Å². The largest absolute Gasteiger partial charge is 0.400 e. The number of rotatable bonds is 0. The van der Waals surface area contributed by atoms with E-state index >= 15 is 0 Å². The highest BCUT2D eigenvalue weighted by atomic mass is 16.2. The standard InChI is InChI=1S/C4H5N.CH4O/c1-2-4-5-3-1;1-2/h1-5H;2H,1H3. The second-order valence-corrected chi connectivity index (χ2v) is 0.885. The number of hydrogen-bond acceptors (Lipinski definition) is 1. The maximum Gasteiger partial charge on any atom is 0.0319 e. The number of nitrogens with one attached hydrogen (secondary N) is 1. The Morgan fingerprint density at radius 1 is 1.14 bits per heavy atom. The second kappa shape index (κ2) is 5.24. The summed E-state index contributed by atoms with van der Waals surface area (Å²) in [5, 5.41) is 7.00. The number of aromatic nitrogens is 1. The maximum absolute atomic E-state index is 7.00. The molecule has 1 rings (SSSR count). The number of hydrogen-bond donors (Lipinski definition) is 2. The minimum absolute atomic E-state index is 1.00. The molecule has 40 valence electrons. The van der Waals surface area contributed by atoms with Crippen molar-refractivity contribution in [3.8, 4) is 0 Å². The van der Waals surface area contributed by atoms with E-state index in [4.69, 9.17) is 5.11 Å². The van der Waals surface area contributed by atoms with Crippen molar-refractivity contribution >= 4 is 0 Å². The molecular weight excluding hydrogens is 90.1 g/mol. The lowest BCUT2D eigenvalue weighted by Gasteiger charge is -1.49. The van der Waals surface area contributed by atoms with Gasteiger partial charge in [-0.15, -0.1) is 0 Å². The zero-order chi connectivity index (χ0) is 5.54. The van der Waals surface area contributed by atoms with Gasteiger partial charge in [-0.3, -0.25) is 0 Å². The van der Waals surface area contributed by atoms with Crippen LogP contribution in [0, 0.1) is 0 Å². The van der Waals surface area contributed by atoms with Crippen LogP contribution in [-0.2, 0) is 0 Å². The van der Waals surface area contributed by atoms with E-state index in [0.29, 0.717) is 0 Å². The van der Waals surface area contributed by atoms with Gasteiger partial charge in [0.05, 0.1) is 0 Å². The Morgan fingerprint density at radius 2 is 1.57 bits per heavy atom. The summed E-state index contributed by atoms with van der Waals surface area (Å²) >= 11 is 0. The first-order valence-electron chi connectivity index (χ1n) is 2.02. The molecule has 1 aromatic rings. The van der Waals surface area contributed by atoms with Crippen LogP contribution in [-0.4, -0.2) is 17.2 Å². The Labute approximate surface area is 42.8 Å². The lowest BCUT2D eigenvalue weighted by molar-refractivity contribution is 0.399. The molecular formula is C5H9NO. The third-order valence-corrected chi connectivity index (χ3v) is 0.496. The van der Waals surface area contributed by atoms with E-state index in [0.717, 1.165) is 7.11 Å². The lowest BCUT2D eigenvalue weighted by atomic mass is 10.7. The fourth-order valence-corrected chi connectivity index (χ4v) is 0.278. The Morgan fingerprint density at radius 3 is 1.71 bits per heavy atom. The van der Waals surface area contributed by atoms with Crippen molar-refractivity contribution in [2.24, 2.45) is 0 Å². The minimum Gasteiger partial charge on any atom is -0.400 e. The van der Waals surface area contributed by atoms with Crippen molar-refractivity contribution < 1.29 is 5.11 Å². The molecule has 0 spiro atoms. The van der Waals surface area contributed by atoms with Gasteiger partial charge in [-0.25, -0.2) is 0 Å². The van der Waals surface area contributed by atoms with Crippen LogP contribution in [0.4, 0.5) is 0 Å². The van der Waals surface area contributed by atoms with E-state index in [9.17, 15) is 0 Å². The summed E-state index contributed by atoms with van der Waals surface area (Å²) in [6, 6.07) is 3.89. The number of aliphatic hydroxyl groups is 1. The van der Waals surface area contributed by atoms with Gasteiger partial charge in [0.1, 0.15) is 0 Å². The summed E-state index contributed by atoms with van der Waals surface area (Å²) in [7, 11) is 1.00. The van der Waals surface area contributed by atoms with Gasteiger partial charge in [0.25, 0.3) is 0 Å². The van der Waals surface area contributed by atoms with Crippen LogP contribution in [0.25, 0.3) is 0 Å². The highest BCUT2D eigenvalue weighted by molar-refractivity contribution is 4.84. The molecule has 0 amide bonds. The predicted molar refractivity (Wildman–Crippen MR) is 28.9 cm³/mol. The molecule has 2 nitrogen and oxygen atoms in total. The van der Waals surface area contributed by atoms with Crippen LogP contribution in [0.1, 0.15) is 0 Å². The highest BCUT2D eigenvalue weighted by Crippen LogP contribution is 1.72. The van der Waals surface area contributed by atoms with Gasteiger partial charge < -0.3 is 10.1 Å². The number of H-pyrrole nitrogens is 1. The van der Waals surface area contributed by atoms with Gasteiger partial charge in [0.15, 0.2) is 0 Å². The van der Waals surface area contributed by atoms with E-state index < -0.39 is 0 Å². The zero-order valence-corrected chi connectivity index (χ0v) is 4.26. The summed E-state index contributed by atoms with van der Waals surface area (Å²) in [6.07, 6.45) is 3.75. The van der Waals surface area contributed by atoms with E-state index in [1.54, 1.807) is 0 Å². The summed E-state index contributed by atoms with van der Waals surface area (Å²) in [5.74, 6) is 0. The van der Waals surface area contributed by atoms with Crippen molar-refractivity contribution in [1.29, 1.82) is 0 Å². The first-order chi connectivity index (χ1) is 3.50. The second-order valence-electron chi connectivity index (χ2n) is 0.885. The van der Waals surface area contributed by atoms with Crippen LogP contribution in [0.3, 0.4) is 0 Å². The molecule has 7 heavy (non-hydrogen) atoms. The van der Waals surface area contributed by atoms with Crippen molar-refractivity contribution in [2.45, 2.75) is 0 Å². The van der Waals surface area contributed by atoms with Gasteiger partial charge in [0, 0.05) is 19.5 Å². The predicted octanol–water partition coefficient (Wildman–Crippen LogP) is 0.623. The highest BCUT2D eigenvalue weighted by Gasteiger charge is 1.55. The van der Waals surface area contributed by atoms with E-state index in [2.05, 4.69) is 4.98 Å². The maximum atomic E-state index is 7.00. The van der Waals surface area contributed by atoms with E-state index in [1.807, 2.05) is 24.5 Å². The molecule has 2 N–H and O–H groups in total. The van der Waals surface area contributed by atoms with Crippen molar-refractivity contribution in [1.82, 2.24) is 4.98 Å². The number of aromatic amines is 1. The molecule has 0 aromatic carbocycles. The normalized spacial score (nSPS) is 6.57. The Balaban J connectivity index is 0.000000162. The Kier molecular flexibility index (Phi) is 4.67. The van der Waals surface area contributed by atoms with Crippen molar-refractivity contribution in [3.63, 3.8) is 0 Å². The zero-order valence-electron chi connectivity index (χ0n) is 4.26. The quantitative estimate of drug-likeness (QED) is 0.491. The number of aliphatic hydroxyl groups excluding tert-OH is 1. The van der Waals surface area contributed by atoms with Crippen LogP contribution < -0.4 is 0 Å². The van der Waals surface area contributed by atoms with Crippen LogP contribution in [0.5, 0.6) is 0 Å². The summed E-state index contributed by atoms with van der Waals surface area (Å²) < 4.78 is 0. The van der Waals surface area contributed by atoms with Gasteiger partial charge in [0.2, 0.25) is 0 Å². The van der Waals surface area contributed by atoms with Gasteiger partial charge in [-0.1, -0.05) is 0 Å². The summed E-state index contributed by atoms with van der Waals surface area (Å²) in [5.41, 5.74) is 0. The monoisotopic (exact) mass is 99.1 g/mol. The van der Waals surface area contributed by atoms with E-state index in [1.165, 1.54) is 0 Å². The van der Waals surface area contributed by atoms with Crippen molar-refractivity contribution in [2.75, 3.05) is 7.11 Å². The lowest BCUT2D eigenvalue weighted by Crippen LogP contribution is -1.38. The fourth-order valence-electron chi connectivity index (χ4n) is 0.278. The third-order valence-electron chi connectivity index (χ3n) is 0.496. The first-order valence-corrected chi connectivity index (χ1v) is 2.02. The first kappa shape index (κ1) is 6.24. The summed E-state index contributed by atoms with van der Waals surface area (Å²) in [4.78, 5) is 2.86. The molecule has 0 radical (unpaired) electrons. The molecule has 0 unspecified atom stereocenters. The molecule has 1 aromatic heterocycles. The van der Waals surface area contributed by atoms with Crippen LogP contribution in [0.15, 0.2) is 24.5 Å². The fraction of sp³-hybridized carbons (Fsp3) is 0.200. The molecule has 2 heteroatoms. The van der Waals surface area contributed by atoms with Gasteiger partial charge in [-0.2, -0.15) is 0 Å². The average molecular weight is 99.1 g/mol. The summed E-state index contributed by atoms with van der Waals surface area (Å²) in [6.45, 7) is 0. The topological polar surface area (TPSA) is 36.0 Å². The average Bonchev–Trinajstić information content (AvgIpc) is 2.23. The molecule has 0 aliphatic heterocycles. The van der Waals surface area contributed by atoms with Crippen molar-refractivity contribution in [3.05, 3.63) is 24.5 Å². The third kappa shape index (κ3) is 3.06. The molecule has 0 saturated heterocycles. The molecule has 0 bridgehead atoms. The van der Waals surface area contributed by atoms with Gasteiger partial charge in [-0.05, 0) is 12.1 Å². The Hall–Kier alpha value is -0.760. The SMILES string of the molecule is CO.c1cc[nH]c1.